The average molecular weight is 494 g/mol. The molecule has 0 fully saturated rings. The first-order valence-electron chi connectivity index (χ1n) is 12.0. The minimum atomic E-state index is -0.435. The summed E-state index contributed by atoms with van der Waals surface area (Å²) in [6, 6.07) is 10.2. The van der Waals surface area contributed by atoms with Crippen molar-refractivity contribution in [3.05, 3.63) is 53.7 Å². The fraction of sp³-hybridized carbons (Fsp3) is 0.444. The van der Waals surface area contributed by atoms with E-state index in [2.05, 4.69) is 22.1 Å². The van der Waals surface area contributed by atoms with Crippen LogP contribution in [0.15, 0.2) is 42.6 Å². The molecule has 3 atom stereocenters. The van der Waals surface area contributed by atoms with Crippen molar-refractivity contribution in [1.29, 1.82) is 0 Å². The van der Waals surface area contributed by atoms with Gasteiger partial charge >= 0.3 is 6.03 Å². The summed E-state index contributed by atoms with van der Waals surface area (Å²) >= 11 is 0. The number of rotatable bonds is 6. The molecule has 1 aliphatic heterocycles. The Morgan fingerprint density at radius 3 is 2.69 bits per heavy atom. The maximum Gasteiger partial charge on any atom is 0.321 e. The normalized spacial score (nSPS) is 18.2. The highest BCUT2D eigenvalue weighted by Gasteiger charge is 2.34. The Morgan fingerprint density at radius 1 is 1.31 bits per heavy atom. The van der Waals surface area contributed by atoms with Crippen LogP contribution in [-0.4, -0.2) is 96.3 Å². The van der Waals surface area contributed by atoms with Gasteiger partial charge in [-0.2, -0.15) is 0 Å². The zero-order chi connectivity index (χ0) is 26.2. The zero-order valence-corrected chi connectivity index (χ0v) is 21.6. The number of carbonyl (C=O) groups excluding carboxylic acids is 2. The van der Waals surface area contributed by atoms with E-state index in [1.54, 1.807) is 36.0 Å². The number of benzene rings is 1. The maximum absolute atomic E-state index is 13.5. The molecule has 0 spiro atoms. The largest absolute Gasteiger partial charge is 0.472 e. The van der Waals surface area contributed by atoms with E-state index in [4.69, 9.17) is 4.74 Å². The number of likely N-dealkylation sites (N-methyl/N-ethyl adjacent to an activating group) is 1. The van der Waals surface area contributed by atoms with Gasteiger partial charge in [-0.1, -0.05) is 37.0 Å². The summed E-state index contributed by atoms with van der Waals surface area (Å²) in [7, 11) is 5.55. The number of nitrogens with one attached hydrogen (secondary N) is 1. The lowest BCUT2D eigenvalue weighted by molar-refractivity contribution is 0.0356. The van der Waals surface area contributed by atoms with E-state index >= 15 is 0 Å². The van der Waals surface area contributed by atoms with E-state index in [0.29, 0.717) is 29.9 Å². The standard InChI is InChI=1S/C27H35N5O4/c1-19-16-32(20(2)18-33)26(34)23-14-21(10-9-13-30(3)4)15-28-25(23)36-24(19)17-31(5)27(35)29-22-11-7-6-8-12-22/h6-8,11-12,14-15,19-20,24,33H,13,16-18H2,1-5H3,(H,29,35)/t19-,20+,24-/m0/s1. The van der Waals surface area contributed by atoms with Gasteiger partial charge in [0.2, 0.25) is 5.88 Å². The lowest BCUT2D eigenvalue weighted by atomic mass is 10.00. The van der Waals surface area contributed by atoms with Gasteiger partial charge in [0.25, 0.3) is 5.91 Å². The number of ether oxygens (including phenoxy) is 1. The molecule has 9 nitrogen and oxygen atoms in total. The number of para-hydroxylation sites is 1. The molecule has 3 amide bonds. The predicted molar refractivity (Wildman–Crippen MR) is 139 cm³/mol. The average Bonchev–Trinajstić information content (AvgIpc) is 2.86. The van der Waals surface area contributed by atoms with E-state index in [1.807, 2.05) is 56.3 Å². The van der Waals surface area contributed by atoms with Crippen molar-refractivity contribution in [2.75, 3.05) is 52.7 Å². The number of carbonyl (C=O) groups is 2. The molecule has 192 valence electrons. The first-order chi connectivity index (χ1) is 17.2. The lowest BCUT2D eigenvalue weighted by Gasteiger charge is -2.37. The number of pyridine rings is 1. The number of fused-ring (bicyclic) bond motifs is 1. The zero-order valence-electron chi connectivity index (χ0n) is 21.6. The Labute approximate surface area is 213 Å². The predicted octanol–water partition coefficient (Wildman–Crippen LogP) is 2.38. The summed E-state index contributed by atoms with van der Waals surface area (Å²) in [6.45, 7) is 4.80. The molecule has 0 saturated carbocycles. The molecule has 1 aliphatic rings. The number of hydrogen-bond donors (Lipinski definition) is 2. The Morgan fingerprint density at radius 2 is 2.03 bits per heavy atom. The Hall–Kier alpha value is -3.61. The lowest BCUT2D eigenvalue weighted by Crippen LogP contribution is -2.50. The summed E-state index contributed by atoms with van der Waals surface area (Å²) in [5, 5.41) is 12.7. The van der Waals surface area contributed by atoms with Gasteiger partial charge in [-0.05, 0) is 39.2 Å². The summed E-state index contributed by atoms with van der Waals surface area (Å²) in [5.41, 5.74) is 1.60. The quantitative estimate of drug-likeness (QED) is 0.600. The maximum atomic E-state index is 13.5. The molecular formula is C27H35N5O4. The Bertz CT molecular complexity index is 1110. The number of hydrogen-bond acceptors (Lipinski definition) is 6. The van der Waals surface area contributed by atoms with Crippen molar-refractivity contribution in [1.82, 2.24) is 19.7 Å². The molecule has 0 bridgehead atoms. The topological polar surface area (TPSA) is 98.2 Å². The third-order valence-electron chi connectivity index (χ3n) is 5.97. The molecule has 1 aromatic carbocycles. The SMILES string of the molecule is C[C@H](CO)N1C[C@H](C)[C@H](CN(C)C(=O)Nc2ccccc2)Oc2ncc(C#CCN(C)C)cc2C1=O. The van der Waals surface area contributed by atoms with E-state index in [0.717, 1.165) is 0 Å². The molecule has 9 heteroatoms. The number of aromatic nitrogens is 1. The van der Waals surface area contributed by atoms with Crippen molar-refractivity contribution in [2.45, 2.75) is 26.0 Å². The molecule has 36 heavy (non-hydrogen) atoms. The minimum absolute atomic E-state index is 0.135. The number of nitrogens with zero attached hydrogens (tertiary/aromatic N) is 4. The molecule has 0 saturated heterocycles. The molecule has 0 unspecified atom stereocenters. The molecule has 2 heterocycles. The van der Waals surface area contributed by atoms with Gasteiger partial charge in [-0.3, -0.25) is 9.69 Å². The van der Waals surface area contributed by atoms with Crippen LogP contribution in [0.3, 0.4) is 0 Å². The van der Waals surface area contributed by atoms with E-state index in [1.165, 1.54) is 0 Å². The van der Waals surface area contributed by atoms with Gasteiger partial charge in [0.15, 0.2) is 0 Å². The van der Waals surface area contributed by atoms with Crippen molar-refractivity contribution in [3.63, 3.8) is 0 Å². The fourth-order valence-corrected chi connectivity index (χ4v) is 3.78. The molecule has 1 aromatic heterocycles. The van der Waals surface area contributed by atoms with Crippen LogP contribution in [0.4, 0.5) is 10.5 Å². The van der Waals surface area contributed by atoms with Gasteiger partial charge in [-0.15, -0.1) is 0 Å². The second-order valence-corrected chi connectivity index (χ2v) is 9.42. The van der Waals surface area contributed by atoms with Crippen LogP contribution in [0.25, 0.3) is 0 Å². The van der Waals surface area contributed by atoms with Crippen LogP contribution in [0.2, 0.25) is 0 Å². The number of amides is 3. The number of anilines is 1. The first kappa shape index (κ1) is 27.0. The van der Waals surface area contributed by atoms with Gasteiger partial charge in [0.05, 0.1) is 25.7 Å². The van der Waals surface area contributed by atoms with Gasteiger partial charge < -0.3 is 25.0 Å². The Balaban J connectivity index is 1.87. The molecule has 0 radical (unpaired) electrons. The van der Waals surface area contributed by atoms with Crippen LogP contribution in [0.1, 0.15) is 29.8 Å². The smallest absolute Gasteiger partial charge is 0.321 e. The molecule has 0 aliphatic carbocycles. The van der Waals surface area contributed by atoms with E-state index in [9.17, 15) is 14.7 Å². The summed E-state index contributed by atoms with van der Waals surface area (Å²) in [5.74, 6) is 5.88. The van der Waals surface area contributed by atoms with Crippen molar-refractivity contribution < 1.29 is 19.4 Å². The van der Waals surface area contributed by atoms with Crippen LogP contribution in [0, 0.1) is 17.8 Å². The number of aliphatic hydroxyl groups is 1. The highest BCUT2D eigenvalue weighted by molar-refractivity contribution is 5.97. The second-order valence-electron chi connectivity index (χ2n) is 9.42. The molecule has 3 rings (SSSR count). The highest BCUT2D eigenvalue weighted by atomic mass is 16.5. The van der Waals surface area contributed by atoms with Gasteiger partial charge in [0, 0.05) is 37.0 Å². The van der Waals surface area contributed by atoms with Gasteiger partial charge in [0.1, 0.15) is 11.7 Å². The first-order valence-corrected chi connectivity index (χ1v) is 12.0. The molecule has 2 N–H and O–H groups in total. The monoisotopic (exact) mass is 493 g/mol. The summed E-state index contributed by atoms with van der Waals surface area (Å²) < 4.78 is 6.25. The number of aliphatic hydroxyl groups excluding tert-OH is 1. The van der Waals surface area contributed by atoms with Crippen LogP contribution >= 0.6 is 0 Å². The third kappa shape index (κ3) is 6.97. The Kier molecular flexibility index (Phi) is 9.28. The number of urea groups is 1. The summed E-state index contributed by atoms with van der Waals surface area (Å²) in [4.78, 5) is 35.8. The fourth-order valence-electron chi connectivity index (χ4n) is 3.78. The van der Waals surface area contributed by atoms with Gasteiger partial charge in [-0.25, -0.2) is 9.78 Å². The molecule has 2 aromatic rings. The minimum Gasteiger partial charge on any atom is -0.472 e. The van der Waals surface area contributed by atoms with E-state index in [-0.39, 0.29) is 36.9 Å². The van der Waals surface area contributed by atoms with Crippen molar-refractivity contribution >= 4 is 17.6 Å². The van der Waals surface area contributed by atoms with E-state index < -0.39 is 12.1 Å². The molecular weight excluding hydrogens is 458 g/mol. The third-order valence-corrected chi connectivity index (χ3v) is 5.97. The highest BCUT2D eigenvalue weighted by Crippen LogP contribution is 2.27. The van der Waals surface area contributed by atoms with Crippen LogP contribution in [-0.2, 0) is 0 Å². The van der Waals surface area contributed by atoms with Crippen molar-refractivity contribution in [2.24, 2.45) is 5.92 Å². The summed E-state index contributed by atoms with van der Waals surface area (Å²) in [6.07, 6.45) is 1.15. The van der Waals surface area contributed by atoms with Crippen molar-refractivity contribution in [3.8, 4) is 17.7 Å². The second kappa shape index (κ2) is 12.4. The van der Waals surface area contributed by atoms with Crippen LogP contribution < -0.4 is 10.1 Å². The van der Waals surface area contributed by atoms with Crippen LogP contribution in [0.5, 0.6) is 5.88 Å².